The molecule has 22 heavy (non-hydrogen) atoms. The molecule has 2 aromatic carbocycles. The summed E-state index contributed by atoms with van der Waals surface area (Å²) in [4.78, 5) is 0. The molecule has 2 aromatic rings. The molecule has 0 atom stereocenters. The summed E-state index contributed by atoms with van der Waals surface area (Å²) >= 11 is 0. The molecule has 116 valence electrons. The summed E-state index contributed by atoms with van der Waals surface area (Å²) in [5.41, 5.74) is 3.07. The van der Waals surface area contributed by atoms with Gasteiger partial charge in [0, 0.05) is 0 Å². The van der Waals surface area contributed by atoms with Crippen LogP contribution in [-0.4, -0.2) is 6.61 Å². The predicted octanol–water partition coefficient (Wildman–Crippen LogP) is 6.23. The summed E-state index contributed by atoms with van der Waals surface area (Å²) in [5.74, 6) is 0.876. The van der Waals surface area contributed by atoms with Gasteiger partial charge >= 0.3 is 0 Å². The summed E-state index contributed by atoms with van der Waals surface area (Å²) in [5, 5.41) is 8.53. The van der Waals surface area contributed by atoms with Crippen LogP contribution in [0.4, 0.5) is 11.4 Å². The molecule has 0 aliphatic heterocycles. The fourth-order valence-electron chi connectivity index (χ4n) is 2.05. The van der Waals surface area contributed by atoms with E-state index in [2.05, 4.69) is 36.2 Å². The Bertz CT molecular complexity index is 520. The van der Waals surface area contributed by atoms with Crippen LogP contribution < -0.4 is 4.74 Å². The van der Waals surface area contributed by atoms with Gasteiger partial charge in [-0.05, 0) is 61.2 Å². The number of benzene rings is 2. The molecular weight excluding hydrogens is 272 g/mol. The Morgan fingerprint density at radius 3 is 1.91 bits per heavy atom. The van der Waals surface area contributed by atoms with Gasteiger partial charge in [-0.1, -0.05) is 32.4 Å². The smallest absolute Gasteiger partial charge is 0.119 e. The van der Waals surface area contributed by atoms with Crippen molar-refractivity contribution in [3.8, 4) is 5.75 Å². The van der Waals surface area contributed by atoms with Crippen LogP contribution in [0.1, 0.15) is 38.7 Å². The maximum absolute atomic E-state index is 5.55. The largest absolute Gasteiger partial charge is 0.494 e. The number of hydrogen-bond acceptors (Lipinski definition) is 3. The van der Waals surface area contributed by atoms with Gasteiger partial charge in [0.05, 0.1) is 18.0 Å². The van der Waals surface area contributed by atoms with Crippen molar-refractivity contribution in [1.29, 1.82) is 0 Å². The van der Waals surface area contributed by atoms with Crippen LogP contribution in [-0.2, 0) is 6.42 Å². The normalized spacial score (nSPS) is 11.0. The van der Waals surface area contributed by atoms with E-state index >= 15 is 0 Å². The predicted molar refractivity (Wildman–Crippen MR) is 91.5 cm³/mol. The summed E-state index contributed by atoms with van der Waals surface area (Å²) < 4.78 is 5.55. The summed E-state index contributed by atoms with van der Waals surface area (Å²) in [6, 6.07) is 16.0. The zero-order chi connectivity index (χ0) is 15.6. The van der Waals surface area contributed by atoms with Gasteiger partial charge in [0.15, 0.2) is 0 Å². The van der Waals surface area contributed by atoms with Gasteiger partial charge < -0.3 is 4.74 Å². The SMILES string of the molecule is CCCCc1ccc(N=Nc2ccc(OCCC)cc2)cc1. The Morgan fingerprint density at radius 2 is 1.36 bits per heavy atom. The number of hydrogen-bond donors (Lipinski definition) is 0. The van der Waals surface area contributed by atoms with Crippen molar-refractivity contribution in [3.05, 3.63) is 54.1 Å². The third kappa shape index (κ3) is 5.32. The van der Waals surface area contributed by atoms with Gasteiger partial charge in [0.2, 0.25) is 0 Å². The van der Waals surface area contributed by atoms with Crippen LogP contribution in [0.2, 0.25) is 0 Å². The average molecular weight is 296 g/mol. The van der Waals surface area contributed by atoms with E-state index in [1.54, 1.807) is 0 Å². The molecule has 0 unspecified atom stereocenters. The Kier molecular flexibility index (Phi) is 6.62. The molecule has 0 bridgehead atoms. The second-order valence-corrected chi connectivity index (χ2v) is 5.31. The zero-order valence-electron chi connectivity index (χ0n) is 13.5. The minimum absolute atomic E-state index is 0.741. The molecule has 3 nitrogen and oxygen atoms in total. The van der Waals surface area contributed by atoms with Crippen LogP contribution in [0, 0.1) is 0 Å². The molecule has 0 heterocycles. The first-order chi connectivity index (χ1) is 10.8. The number of azo groups is 1. The lowest BCUT2D eigenvalue weighted by molar-refractivity contribution is 0.317. The topological polar surface area (TPSA) is 34.0 Å². The van der Waals surface area contributed by atoms with E-state index in [0.717, 1.165) is 36.6 Å². The fourth-order valence-corrected chi connectivity index (χ4v) is 2.05. The molecule has 0 aliphatic carbocycles. The third-order valence-corrected chi connectivity index (χ3v) is 3.35. The number of aryl methyl sites for hydroxylation is 1. The minimum atomic E-state index is 0.741. The molecule has 2 rings (SSSR count). The molecule has 0 fully saturated rings. The van der Waals surface area contributed by atoms with Crippen LogP contribution in [0.25, 0.3) is 0 Å². The van der Waals surface area contributed by atoms with Gasteiger partial charge in [-0.3, -0.25) is 0 Å². The molecule has 0 saturated carbocycles. The number of nitrogens with zero attached hydrogens (tertiary/aromatic N) is 2. The second-order valence-electron chi connectivity index (χ2n) is 5.31. The van der Waals surface area contributed by atoms with E-state index < -0.39 is 0 Å². The molecule has 0 saturated heterocycles. The van der Waals surface area contributed by atoms with Gasteiger partial charge in [-0.25, -0.2) is 0 Å². The van der Waals surface area contributed by atoms with Crippen molar-refractivity contribution in [1.82, 2.24) is 0 Å². The summed E-state index contributed by atoms with van der Waals surface area (Å²) in [6.45, 7) is 5.04. The number of ether oxygens (including phenoxy) is 1. The molecule has 0 N–H and O–H groups in total. The van der Waals surface area contributed by atoms with E-state index in [0.29, 0.717) is 0 Å². The Hall–Kier alpha value is -2.16. The summed E-state index contributed by atoms with van der Waals surface area (Å²) in [6.07, 6.45) is 4.59. The molecule has 0 aliphatic rings. The number of rotatable bonds is 8. The molecule has 0 amide bonds. The second kappa shape index (κ2) is 8.98. The average Bonchev–Trinajstić information content (AvgIpc) is 2.58. The Balaban J connectivity index is 1.93. The maximum Gasteiger partial charge on any atom is 0.119 e. The lowest BCUT2D eigenvalue weighted by Crippen LogP contribution is -1.93. The lowest BCUT2D eigenvalue weighted by Gasteiger charge is -2.03. The fraction of sp³-hybridized carbons (Fsp3) is 0.368. The van der Waals surface area contributed by atoms with Gasteiger partial charge in [-0.15, -0.1) is 0 Å². The standard InChI is InChI=1S/C19H24N2O/c1-3-5-6-16-7-9-17(10-8-16)20-21-18-11-13-19(14-12-18)22-15-4-2/h7-14H,3-6,15H2,1-2H3. The van der Waals surface area contributed by atoms with Crippen LogP contribution in [0.15, 0.2) is 58.8 Å². The highest BCUT2D eigenvalue weighted by Gasteiger charge is 1.96. The van der Waals surface area contributed by atoms with Crippen molar-refractivity contribution in [3.63, 3.8) is 0 Å². The van der Waals surface area contributed by atoms with E-state index in [-0.39, 0.29) is 0 Å². The molecule has 0 spiro atoms. The first-order valence-electron chi connectivity index (χ1n) is 8.05. The quantitative estimate of drug-likeness (QED) is 0.531. The first kappa shape index (κ1) is 16.2. The van der Waals surface area contributed by atoms with Gasteiger partial charge in [0.1, 0.15) is 5.75 Å². The highest BCUT2D eigenvalue weighted by atomic mass is 16.5. The minimum Gasteiger partial charge on any atom is -0.494 e. The van der Waals surface area contributed by atoms with E-state index in [1.807, 2.05) is 36.4 Å². The Morgan fingerprint density at radius 1 is 0.773 bits per heavy atom. The van der Waals surface area contributed by atoms with Crippen molar-refractivity contribution in [2.75, 3.05) is 6.61 Å². The number of unbranched alkanes of at least 4 members (excludes halogenated alkanes) is 1. The van der Waals surface area contributed by atoms with Crippen molar-refractivity contribution < 1.29 is 4.74 Å². The Labute approximate surface area is 133 Å². The molecule has 3 heteroatoms. The van der Waals surface area contributed by atoms with Crippen LogP contribution >= 0.6 is 0 Å². The maximum atomic E-state index is 5.55. The first-order valence-corrected chi connectivity index (χ1v) is 8.05. The van der Waals surface area contributed by atoms with Gasteiger partial charge in [-0.2, -0.15) is 10.2 Å². The van der Waals surface area contributed by atoms with Crippen molar-refractivity contribution in [2.24, 2.45) is 10.2 Å². The molecule has 0 radical (unpaired) electrons. The van der Waals surface area contributed by atoms with Crippen LogP contribution in [0.3, 0.4) is 0 Å². The highest BCUT2D eigenvalue weighted by molar-refractivity contribution is 5.43. The molecule has 0 aromatic heterocycles. The van der Waals surface area contributed by atoms with Crippen molar-refractivity contribution in [2.45, 2.75) is 39.5 Å². The van der Waals surface area contributed by atoms with Crippen molar-refractivity contribution >= 4 is 11.4 Å². The van der Waals surface area contributed by atoms with E-state index in [9.17, 15) is 0 Å². The molecular formula is C19H24N2O. The highest BCUT2D eigenvalue weighted by Crippen LogP contribution is 2.22. The monoisotopic (exact) mass is 296 g/mol. The third-order valence-electron chi connectivity index (χ3n) is 3.35. The van der Waals surface area contributed by atoms with Crippen LogP contribution in [0.5, 0.6) is 5.75 Å². The lowest BCUT2D eigenvalue weighted by atomic mass is 10.1. The van der Waals surface area contributed by atoms with Gasteiger partial charge in [0.25, 0.3) is 0 Å². The summed E-state index contributed by atoms with van der Waals surface area (Å²) in [7, 11) is 0. The van der Waals surface area contributed by atoms with E-state index in [1.165, 1.54) is 18.4 Å². The van der Waals surface area contributed by atoms with E-state index in [4.69, 9.17) is 4.74 Å². The zero-order valence-corrected chi connectivity index (χ0v) is 13.5.